The summed E-state index contributed by atoms with van der Waals surface area (Å²) < 4.78 is 0. The van der Waals surface area contributed by atoms with E-state index in [0.29, 0.717) is 5.95 Å². The third-order valence-electron chi connectivity index (χ3n) is 2.85. The maximum Gasteiger partial charge on any atom is 0.223 e. The molecule has 0 radical (unpaired) electrons. The van der Waals surface area contributed by atoms with Crippen molar-refractivity contribution < 1.29 is 0 Å². The number of anilines is 1. The number of rotatable bonds is 2. The summed E-state index contributed by atoms with van der Waals surface area (Å²) in [4.78, 5) is 14.8. The third kappa shape index (κ3) is 1.80. The molecule has 3 rings (SSSR count). The number of hydrogen-bond donors (Lipinski definition) is 1. The third-order valence-corrected chi connectivity index (χ3v) is 3.88. The summed E-state index contributed by atoms with van der Waals surface area (Å²) in [5, 5.41) is 4.27. The first-order valence-corrected chi connectivity index (χ1v) is 6.66. The monoisotopic (exact) mass is 246 g/mol. The van der Waals surface area contributed by atoms with E-state index < -0.39 is 0 Å². The van der Waals surface area contributed by atoms with Gasteiger partial charge in [-0.1, -0.05) is 0 Å². The zero-order chi connectivity index (χ0) is 11.8. The van der Waals surface area contributed by atoms with Gasteiger partial charge >= 0.3 is 0 Å². The smallest absolute Gasteiger partial charge is 0.223 e. The number of hydrogen-bond acceptors (Lipinski definition) is 5. The lowest BCUT2D eigenvalue weighted by molar-refractivity contribution is 0.916. The minimum absolute atomic E-state index is 0.699. The predicted octanol–water partition coefficient (Wildman–Crippen LogP) is 2.44. The first-order valence-electron chi connectivity index (χ1n) is 5.84. The van der Waals surface area contributed by atoms with E-state index in [4.69, 9.17) is 0 Å². The molecule has 0 fully saturated rings. The Bertz CT molecular complexity index is 562. The van der Waals surface area contributed by atoms with E-state index >= 15 is 0 Å². The van der Waals surface area contributed by atoms with Gasteiger partial charge in [-0.05, 0) is 32.3 Å². The molecule has 2 aromatic heterocycles. The Morgan fingerprint density at radius 2 is 2.18 bits per heavy atom. The highest BCUT2D eigenvalue weighted by molar-refractivity contribution is 7.12. The molecular formula is C12H14N4S. The molecule has 2 aromatic rings. The number of aromatic nitrogens is 3. The first-order chi connectivity index (χ1) is 8.28. The lowest BCUT2D eigenvalue weighted by Gasteiger charge is -2.14. The van der Waals surface area contributed by atoms with E-state index in [0.717, 1.165) is 35.8 Å². The van der Waals surface area contributed by atoms with Crippen LogP contribution < -0.4 is 5.32 Å². The topological polar surface area (TPSA) is 50.7 Å². The molecule has 1 aliphatic rings. The number of nitrogens with zero attached hydrogens (tertiary/aromatic N) is 3. The van der Waals surface area contributed by atoms with Crippen LogP contribution in [0.25, 0.3) is 11.4 Å². The van der Waals surface area contributed by atoms with E-state index in [9.17, 15) is 0 Å². The molecule has 0 atom stereocenters. The number of fused-ring (bicyclic) bond motifs is 3. The van der Waals surface area contributed by atoms with Crippen molar-refractivity contribution in [1.29, 1.82) is 0 Å². The van der Waals surface area contributed by atoms with Crippen molar-refractivity contribution in [2.45, 2.75) is 26.7 Å². The molecule has 4 nitrogen and oxygen atoms in total. The zero-order valence-corrected chi connectivity index (χ0v) is 10.8. The SMILES string of the molecule is CCNc1ncc2c(n1)-c1nc(C)sc1CC2. The maximum atomic E-state index is 4.59. The number of aryl methyl sites for hydroxylation is 3. The van der Waals surface area contributed by atoms with Crippen molar-refractivity contribution in [1.82, 2.24) is 15.0 Å². The molecule has 1 aliphatic carbocycles. The van der Waals surface area contributed by atoms with Crippen molar-refractivity contribution in [3.63, 3.8) is 0 Å². The summed E-state index contributed by atoms with van der Waals surface area (Å²) in [5.41, 5.74) is 3.29. The fourth-order valence-electron chi connectivity index (χ4n) is 2.11. The second-order valence-electron chi connectivity index (χ2n) is 4.10. The van der Waals surface area contributed by atoms with Gasteiger partial charge in [-0.15, -0.1) is 11.3 Å². The van der Waals surface area contributed by atoms with Gasteiger partial charge in [0.05, 0.1) is 10.7 Å². The zero-order valence-electron chi connectivity index (χ0n) is 9.95. The van der Waals surface area contributed by atoms with Crippen LogP contribution >= 0.6 is 11.3 Å². The summed E-state index contributed by atoms with van der Waals surface area (Å²) in [7, 11) is 0. The Balaban J connectivity index is 2.12. The highest BCUT2D eigenvalue weighted by atomic mass is 32.1. The Labute approximate surface area is 104 Å². The largest absolute Gasteiger partial charge is 0.354 e. The van der Waals surface area contributed by atoms with Gasteiger partial charge in [-0.25, -0.2) is 15.0 Å². The lowest BCUT2D eigenvalue weighted by Crippen LogP contribution is -2.09. The van der Waals surface area contributed by atoms with E-state index in [-0.39, 0.29) is 0 Å². The van der Waals surface area contributed by atoms with Crippen LogP contribution in [0.4, 0.5) is 5.95 Å². The van der Waals surface area contributed by atoms with Gasteiger partial charge in [0.15, 0.2) is 0 Å². The van der Waals surface area contributed by atoms with Crippen molar-refractivity contribution in [3.8, 4) is 11.4 Å². The van der Waals surface area contributed by atoms with Gasteiger partial charge in [0.25, 0.3) is 0 Å². The van der Waals surface area contributed by atoms with Crippen LogP contribution in [-0.4, -0.2) is 21.5 Å². The normalized spacial score (nSPS) is 13.1. The van der Waals surface area contributed by atoms with Crippen molar-refractivity contribution in [2.75, 3.05) is 11.9 Å². The van der Waals surface area contributed by atoms with Crippen molar-refractivity contribution in [2.24, 2.45) is 0 Å². The molecule has 0 aromatic carbocycles. The molecule has 0 spiro atoms. The van der Waals surface area contributed by atoms with Gasteiger partial charge in [-0.2, -0.15) is 0 Å². The van der Waals surface area contributed by atoms with Gasteiger partial charge in [-0.3, -0.25) is 0 Å². The van der Waals surface area contributed by atoms with Gasteiger partial charge in [0.2, 0.25) is 5.95 Å². The summed E-state index contributed by atoms with van der Waals surface area (Å²) in [6.45, 7) is 4.93. The molecule has 17 heavy (non-hydrogen) atoms. The van der Waals surface area contributed by atoms with Gasteiger partial charge in [0.1, 0.15) is 5.69 Å². The van der Waals surface area contributed by atoms with Crippen LogP contribution in [0.1, 0.15) is 22.4 Å². The fourth-order valence-corrected chi connectivity index (χ4v) is 3.05. The molecule has 0 amide bonds. The highest BCUT2D eigenvalue weighted by Gasteiger charge is 2.22. The Morgan fingerprint density at radius 3 is 3.00 bits per heavy atom. The van der Waals surface area contributed by atoms with Crippen LogP contribution in [-0.2, 0) is 12.8 Å². The molecule has 0 saturated carbocycles. The Kier molecular flexibility index (Phi) is 2.55. The standard InChI is InChI=1S/C12H14N4S/c1-3-13-12-14-6-8-4-5-9-11(10(8)16-12)15-7(2)17-9/h6H,3-5H2,1-2H3,(H,13,14,16). The van der Waals surface area contributed by atoms with Crippen molar-refractivity contribution in [3.05, 3.63) is 21.6 Å². The molecule has 5 heteroatoms. The van der Waals surface area contributed by atoms with Gasteiger partial charge < -0.3 is 5.32 Å². The highest BCUT2D eigenvalue weighted by Crippen LogP contribution is 2.34. The molecule has 0 bridgehead atoms. The first kappa shape index (κ1) is 10.7. The predicted molar refractivity (Wildman–Crippen MR) is 69.4 cm³/mol. The summed E-state index contributed by atoms with van der Waals surface area (Å²) in [6, 6.07) is 0. The van der Waals surface area contributed by atoms with E-state index in [1.54, 1.807) is 11.3 Å². The minimum Gasteiger partial charge on any atom is -0.354 e. The maximum absolute atomic E-state index is 4.59. The second kappa shape index (κ2) is 4.07. The molecule has 0 saturated heterocycles. The van der Waals surface area contributed by atoms with Gasteiger partial charge in [0, 0.05) is 17.6 Å². The average Bonchev–Trinajstić information content (AvgIpc) is 2.70. The number of thiazole rings is 1. The second-order valence-corrected chi connectivity index (χ2v) is 5.39. The quantitative estimate of drug-likeness (QED) is 0.884. The summed E-state index contributed by atoms with van der Waals surface area (Å²) in [6.07, 6.45) is 4.02. The van der Waals surface area contributed by atoms with E-state index in [1.807, 2.05) is 13.1 Å². The lowest BCUT2D eigenvalue weighted by atomic mass is 10.00. The molecule has 1 N–H and O–H groups in total. The molecular weight excluding hydrogens is 232 g/mol. The van der Waals surface area contributed by atoms with Crippen LogP contribution in [0.15, 0.2) is 6.20 Å². The summed E-state index contributed by atoms with van der Waals surface area (Å²) >= 11 is 1.78. The van der Waals surface area contributed by atoms with E-state index in [1.165, 1.54) is 10.4 Å². The molecule has 88 valence electrons. The van der Waals surface area contributed by atoms with Crippen molar-refractivity contribution >= 4 is 17.3 Å². The average molecular weight is 246 g/mol. The summed E-state index contributed by atoms with van der Waals surface area (Å²) in [5.74, 6) is 0.699. The van der Waals surface area contributed by atoms with Crippen LogP contribution in [0.5, 0.6) is 0 Å². The Morgan fingerprint density at radius 1 is 1.29 bits per heavy atom. The molecule has 0 unspecified atom stereocenters. The fraction of sp³-hybridized carbons (Fsp3) is 0.417. The van der Waals surface area contributed by atoms with Crippen LogP contribution in [0.2, 0.25) is 0 Å². The number of nitrogens with one attached hydrogen (secondary N) is 1. The molecule has 2 heterocycles. The van der Waals surface area contributed by atoms with Crippen LogP contribution in [0.3, 0.4) is 0 Å². The van der Waals surface area contributed by atoms with Crippen LogP contribution in [0, 0.1) is 6.92 Å². The Hall–Kier alpha value is -1.49. The molecule has 0 aliphatic heterocycles. The minimum atomic E-state index is 0.699. The van der Waals surface area contributed by atoms with E-state index in [2.05, 4.69) is 27.2 Å².